The van der Waals surface area contributed by atoms with Crippen molar-refractivity contribution in [1.82, 2.24) is 9.47 Å². The van der Waals surface area contributed by atoms with Gasteiger partial charge in [0.2, 0.25) is 5.91 Å². The van der Waals surface area contributed by atoms with Gasteiger partial charge in [0.15, 0.2) is 0 Å². The van der Waals surface area contributed by atoms with Crippen LogP contribution in [0.4, 0.5) is 5.69 Å². The van der Waals surface area contributed by atoms with E-state index in [4.69, 9.17) is 16.2 Å². The van der Waals surface area contributed by atoms with Crippen molar-refractivity contribution >= 4 is 17.5 Å². The van der Waals surface area contributed by atoms with Crippen LogP contribution in [0.15, 0.2) is 30.9 Å². The summed E-state index contributed by atoms with van der Waals surface area (Å²) in [6.45, 7) is 8.69. The van der Waals surface area contributed by atoms with Crippen molar-refractivity contribution in [3.63, 3.8) is 0 Å². The van der Waals surface area contributed by atoms with Gasteiger partial charge in [0.25, 0.3) is 5.91 Å². The van der Waals surface area contributed by atoms with E-state index in [1.807, 2.05) is 32.0 Å². The van der Waals surface area contributed by atoms with Crippen molar-refractivity contribution in [1.29, 1.82) is 0 Å². The average Bonchev–Trinajstić information content (AvgIpc) is 2.98. The number of carbonyl (C=O) groups is 2. The molecule has 2 aromatic rings. The van der Waals surface area contributed by atoms with Crippen LogP contribution in [0.5, 0.6) is 5.75 Å². The van der Waals surface area contributed by atoms with Crippen LogP contribution in [-0.2, 0) is 4.79 Å². The summed E-state index contributed by atoms with van der Waals surface area (Å²) in [7, 11) is 1.61. The number of hydrogen-bond acceptors (Lipinski definition) is 4. The van der Waals surface area contributed by atoms with E-state index in [2.05, 4.69) is 6.58 Å². The summed E-state index contributed by atoms with van der Waals surface area (Å²) in [6.07, 6.45) is 3.07. The highest BCUT2D eigenvalue weighted by molar-refractivity contribution is 5.98. The largest absolute Gasteiger partial charge is 0.496 e. The summed E-state index contributed by atoms with van der Waals surface area (Å²) in [6, 6.07) is 5.71. The Morgan fingerprint density at radius 2 is 2.03 bits per heavy atom. The zero-order valence-electron chi connectivity index (χ0n) is 17.2. The number of ether oxygens (including phenoxy) is 1. The highest BCUT2D eigenvalue weighted by Gasteiger charge is 2.31. The number of nitrogens with zero attached hydrogens (tertiary/aromatic N) is 2. The van der Waals surface area contributed by atoms with Crippen LogP contribution in [0.1, 0.15) is 46.1 Å². The van der Waals surface area contributed by atoms with Gasteiger partial charge in [-0.05, 0) is 44.4 Å². The summed E-state index contributed by atoms with van der Waals surface area (Å²) in [5.41, 5.74) is 16.3. The maximum Gasteiger partial charge on any atom is 0.267 e. The van der Waals surface area contributed by atoms with Gasteiger partial charge < -0.3 is 25.7 Å². The topological polar surface area (TPSA) is 104 Å². The molecule has 1 atom stereocenters. The van der Waals surface area contributed by atoms with Gasteiger partial charge in [-0.15, -0.1) is 0 Å². The van der Waals surface area contributed by atoms with E-state index in [1.54, 1.807) is 16.6 Å². The molecule has 1 aliphatic rings. The standard InChI is InChI=1S/C22H28N4O3/c1-5-18(27)25-10-6-7-15(12-25)19-14(3)26(21(20(19)23)22(24)28)16-9-8-13(2)17(11-16)29-4/h5,8-9,11,15H,1,6-7,10,12,23H2,2-4H3,(H2,24,28). The number of nitrogen functional groups attached to an aromatic ring is 1. The number of benzene rings is 1. The van der Waals surface area contributed by atoms with E-state index >= 15 is 0 Å². The highest BCUT2D eigenvalue weighted by Crippen LogP contribution is 2.39. The zero-order valence-corrected chi connectivity index (χ0v) is 17.2. The molecule has 2 heterocycles. The zero-order chi connectivity index (χ0) is 21.3. The van der Waals surface area contributed by atoms with Crippen LogP contribution in [0.2, 0.25) is 0 Å². The second-order valence-electron chi connectivity index (χ2n) is 7.44. The summed E-state index contributed by atoms with van der Waals surface area (Å²) in [5, 5.41) is 0. The minimum Gasteiger partial charge on any atom is -0.496 e. The molecule has 7 nitrogen and oxygen atoms in total. The fourth-order valence-corrected chi connectivity index (χ4v) is 4.30. The van der Waals surface area contributed by atoms with Crippen LogP contribution in [-0.4, -0.2) is 41.5 Å². The maximum absolute atomic E-state index is 12.3. The lowest BCUT2D eigenvalue weighted by molar-refractivity contribution is -0.127. The first kappa shape index (κ1) is 20.5. The Bertz CT molecular complexity index is 977. The van der Waals surface area contributed by atoms with Crippen LogP contribution in [0, 0.1) is 13.8 Å². The molecule has 0 aliphatic carbocycles. The van der Waals surface area contributed by atoms with Crippen LogP contribution in [0.25, 0.3) is 5.69 Å². The third-order valence-electron chi connectivity index (χ3n) is 5.69. The van der Waals surface area contributed by atoms with Gasteiger partial charge in [0.1, 0.15) is 11.4 Å². The molecule has 29 heavy (non-hydrogen) atoms. The minimum absolute atomic E-state index is 0.0272. The number of amides is 2. The third-order valence-corrected chi connectivity index (χ3v) is 5.69. The molecule has 0 bridgehead atoms. The molecule has 1 unspecified atom stereocenters. The Kier molecular flexibility index (Phi) is 5.68. The lowest BCUT2D eigenvalue weighted by Gasteiger charge is -2.32. The quantitative estimate of drug-likeness (QED) is 0.758. The molecule has 0 saturated carbocycles. The number of primary amides is 1. The van der Waals surface area contributed by atoms with E-state index < -0.39 is 5.91 Å². The van der Waals surface area contributed by atoms with Crippen molar-refractivity contribution in [3.8, 4) is 11.4 Å². The summed E-state index contributed by atoms with van der Waals surface area (Å²) in [4.78, 5) is 26.2. The van der Waals surface area contributed by atoms with Crippen molar-refractivity contribution < 1.29 is 14.3 Å². The molecule has 7 heteroatoms. The Morgan fingerprint density at radius 1 is 1.31 bits per heavy atom. The molecule has 4 N–H and O–H groups in total. The monoisotopic (exact) mass is 396 g/mol. The third kappa shape index (κ3) is 3.60. The van der Waals surface area contributed by atoms with Crippen molar-refractivity contribution in [3.05, 3.63) is 53.4 Å². The van der Waals surface area contributed by atoms with Gasteiger partial charge >= 0.3 is 0 Å². The normalized spacial score (nSPS) is 16.5. The molecule has 0 spiro atoms. The van der Waals surface area contributed by atoms with Crippen LogP contribution < -0.4 is 16.2 Å². The first-order valence-corrected chi connectivity index (χ1v) is 9.66. The number of rotatable bonds is 5. The number of likely N-dealkylation sites (tertiary alicyclic amines) is 1. The SMILES string of the molecule is C=CC(=O)N1CCCC(c2c(N)c(C(N)=O)n(-c3ccc(C)c(OC)c3)c2C)C1. The molecular weight excluding hydrogens is 368 g/mol. The van der Waals surface area contributed by atoms with Gasteiger partial charge in [-0.25, -0.2) is 0 Å². The van der Waals surface area contributed by atoms with Crippen molar-refractivity contribution in [2.24, 2.45) is 5.73 Å². The van der Waals surface area contributed by atoms with Gasteiger partial charge in [-0.3, -0.25) is 9.59 Å². The van der Waals surface area contributed by atoms with Gasteiger partial charge in [-0.1, -0.05) is 12.6 Å². The second kappa shape index (κ2) is 8.03. The Labute approximate surface area is 170 Å². The molecule has 154 valence electrons. The number of carbonyl (C=O) groups excluding carboxylic acids is 2. The van der Waals surface area contributed by atoms with Gasteiger partial charge in [0.05, 0.1) is 12.8 Å². The summed E-state index contributed by atoms with van der Waals surface area (Å²) < 4.78 is 7.23. The first-order valence-electron chi connectivity index (χ1n) is 9.66. The molecular formula is C22H28N4O3. The summed E-state index contributed by atoms with van der Waals surface area (Å²) in [5.74, 6) is 0.0564. The van der Waals surface area contributed by atoms with Gasteiger partial charge in [-0.2, -0.15) is 0 Å². The molecule has 1 saturated heterocycles. The van der Waals surface area contributed by atoms with Crippen molar-refractivity contribution in [2.75, 3.05) is 25.9 Å². The molecule has 3 rings (SSSR count). The number of piperidine rings is 1. The number of hydrogen-bond donors (Lipinski definition) is 2. The summed E-state index contributed by atoms with van der Waals surface area (Å²) >= 11 is 0. The smallest absolute Gasteiger partial charge is 0.267 e. The Morgan fingerprint density at radius 3 is 2.66 bits per heavy atom. The predicted molar refractivity (Wildman–Crippen MR) is 113 cm³/mol. The van der Waals surface area contributed by atoms with Crippen molar-refractivity contribution in [2.45, 2.75) is 32.6 Å². The molecule has 1 aliphatic heterocycles. The number of aryl methyl sites for hydroxylation is 1. The molecule has 1 fully saturated rings. The first-order chi connectivity index (χ1) is 13.8. The number of nitrogens with two attached hydrogens (primary N) is 2. The van der Waals surface area contributed by atoms with Crippen LogP contribution >= 0.6 is 0 Å². The van der Waals surface area contributed by atoms with Crippen LogP contribution in [0.3, 0.4) is 0 Å². The van der Waals surface area contributed by atoms with E-state index in [0.29, 0.717) is 24.5 Å². The van der Waals surface area contributed by atoms with E-state index in [-0.39, 0.29) is 17.5 Å². The lowest BCUT2D eigenvalue weighted by atomic mass is 9.89. The molecule has 1 aromatic carbocycles. The maximum atomic E-state index is 12.3. The number of aromatic nitrogens is 1. The molecule has 0 radical (unpaired) electrons. The Balaban J connectivity index is 2.14. The number of methoxy groups -OCH3 is 1. The molecule has 2 amide bonds. The second-order valence-corrected chi connectivity index (χ2v) is 7.44. The Hall–Kier alpha value is -3.22. The van der Waals surface area contributed by atoms with Gasteiger partial charge in [0, 0.05) is 42.0 Å². The average molecular weight is 396 g/mol. The predicted octanol–water partition coefficient (Wildman–Crippen LogP) is 2.68. The van der Waals surface area contributed by atoms with E-state index in [0.717, 1.165) is 35.3 Å². The fraction of sp³-hybridized carbons (Fsp3) is 0.364. The van der Waals surface area contributed by atoms with E-state index in [9.17, 15) is 9.59 Å². The van der Waals surface area contributed by atoms with E-state index in [1.165, 1.54) is 6.08 Å². The minimum atomic E-state index is -0.591. The number of anilines is 1. The highest BCUT2D eigenvalue weighted by atomic mass is 16.5. The molecule has 1 aromatic heterocycles. The lowest BCUT2D eigenvalue weighted by Crippen LogP contribution is -2.38. The fourth-order valence-electron chi connectivity index (χ4n) is 4.30.